The van der Waals surface area contributed by atoms with Crippen LogP contribution in [0.15, 0.2) is 0 Å². The second-order valence-electron chi connectivity index (χ2n) is 3.83. The van der Waals surface area contributed by atoms with E-state index in [9.17, 15) is 4.80 Å². The molecule has 0 saturated carbocycles. The molecule has 0 radical (unpaired) electrons. The molecule has 0 aliphatic heterocycles. The van der Waals surface area contributed by atoms with Gasteiger partial charge in [0, 0.05) is 0 Å². The molecule has 0 aromatic heterocycles. The fourth-order valence-corrected chi connectivity index (χ4v) is 5.34. The summed E-state index contributed by atoms with van der Waals surface area (Å²) in [7, 11) is -3.24. The predicted octanol–water partition coefficient (Wildman–Crippen LogP) is 1.85. The van der Waals surface area contributed by atoms with E-state index in [0.717, 1.165) is 18.9 Å². The molecule has 68 valence electrons. The van der Waals surface area contributed by atoms with E-state index in [1.807, 2.05) is 0 Å². The van der Waals surface area contributed by atoms with Gasteiger partial charge in [0.25, 0.3) is 0 Å². The molecule has 0 bridgehead atoms. The first-order chi connectivity index (χ1) is 4.95. The van der Waals surface area contributed by atoms with Gasteiger partial charge in [-0.2, -0.15) is 0 Å². The molecular weight excluding hydrogens is 172 g/mol. The maximum atomic E-state index is 9.47. The Balaban J connectivity index is 3.44. The molecule has 1 unspecified atom stereocenters. The third-order valence-corrected chi connectivity index (χ3v) is 6.11. The van der Waals surface area contributed by atoms with E-state index in [2.05, 4.69) is 26.6 Å². The molecule has 0 aliphatic rings. The molecule has 0 saturated heterocycles. The van der Waals surface area contributed by atoms with Crippen LogP contribution in [-0.2, 0) is 4.12 Å². The molecule has 1 atom stereocenters. The summed E-state index contributed by atoms with van der Waals surface area (Å²) < 4.78 is 5.57. The van der Waals surface area contributed by atoms with Crippen molar-refractivity contribution in [3.8, 4) is 0 Å². The molecule has 0 aromatic rings. The van der Waals surface area contributed by atoms with Crippen LogP contribution in [0.1, 0.15) is 19.8 Å². The molecular formula is C7H20O2Si2. The minimum absolute atomic E-state index is 0.917. The number of hydrogen-bond donors (Lipinski definition) is 1. The summed E-state index contributed by atoms with van der Waals surface area (Å²) in [5.74, 6) is 0. The molecule has 11 heavy (non-hydrogen) atoms. The number of unbranched alkanes of at least 4 members (excludes halogenated alkanes) is 1. The molecule has 1 N–H and O–H groups in total. The third-order valence-electron chi connectivity index (χ3n) is 1.29. The van der Waals surface area contributed by atoms with Crippen molar-refractivity contribution < 1.29 is 8.91 Å². The fourth-order valence-electron chi connectivity index (χ4n) is 0.846. The molecule has 0 heterocycles. The van der Waals surface area contributed by atoms with Crippen LogP contribution in [0.3, 0.4) is 0 Å². The van der Waals surface area contributed by atoms with Gasteiger partial charge in [-0.05, 0) is 25.7 Å². The number of hydrogen-bond acceptors (Lipinski definition) is 2. The van der Waals surface area contributed by atoms with Crippen molar-refractivity contribution in [3.05, 3.63) is 0 Å². The van der Waals surface area contributed by atoms with Gasteiger partial charge in [-0.25, -0.2) is 0 Å². The monoisotopic (exact) mass is 192 g/mol. The summed E-state index contributed by atoms with van der Waals surface area (Å²) in [5.41, 5.74) is 0. The van der Waals surface area contributed by atoms with Crippen LogP contribution >= 0.6 is 0 Å². The van der Waals surface area contributed by atoms with E-state index in [4.69, 9.17) is 4.12 Å². The first-order valence-corrected chi connectivity index (χ1v) is 9.53. The van der Waals surface area contributed by atoms with Gasteiger partial charge >= 0.3 is 9.28 Å². The van der Waals surface area contributed by atoms with E-state index in [-0.39, 0.29) is 0 Å². The zero-order chi connectivity index (χ0) is 8.91. The molecule has 0 aliphatic carbocycles. The number of rotatable bonds is 5. The minimum Gasteiger partial charge on any atom is -0.438 e. The Bertz CT molecular complexity index is 101. The lowest BCUT2D eigenvalue weighted by atomic mass is 10.4. The summed E-state index contributed by atoms with van der Waals surface area (Å²) in [6.07, 6.45) is 2.26. The molecule has 0 rings (SSSR count). The van der Waals surface area contributed by atoms with Gasteiger partial charge in [-0.15, -0.1) is 0 Å². The molecule has 0 spiro atoms. The summed E-state index contributed by atoms with van der Waals surface area (Å²) in [5, 5.41) is 0. The SMILES string of the molecule is CCCC[SiH](O)O[Si](C)(C)C. The highest BCUT2D eigenvalue weighted by atomic mass is 28.4. The Morgan fingerprint density at radius 3 is 2.27 bits per heavy atom. The van der Waals surface area contributed by atoms with E-state index in [0.29, 0.717) is 0 Å². The lowest BCUT2D eigenvalue weighted by Crippen LogP contribution is -2.34. The topological polar surface area (TPSA) is 29.5 Å². The first kappa shape index (κ1) is 11.4. The van der Waals surface area contributed by atoms with Crippen molar-refractivity contribution in [1.82, 2.24) is 0 Å². The summed E-state index contributed by atoms with van der Waals surface area (Å²) in [6.45, 7) is 8.50. The molecule has 0 amide bonds. The van der Waals surface area contributed by atoms with Gasteiger partial charge < -0.3 is 8.91 Å². The van der Waals surface area contributed by atoms with E-state index in [1.54, 1.807) is 0 Å². The first-order valence-electron chi connectivity index (χ1n) is 4.31. The largest absolute Gasteiger partial charge is 0.438 e. The van der Waals surface area contributed by atoms with Crippen molar-refractivity contribution >= 4 is 17.6 Å². The Labute approximate surface area is 72.6 Å². The predicted molar refractivity (Wildman–Crippen MR) is 53.5 cm³/mol. The van der Waals surface area contributed by atoms with Gasteiger partial charge in [0.15, 0.2) is 8.32 Å². The van der Waals surface area contributed by atoms with Gasteiger partial charge in [0.1, 0.15) is 0 Å². The van der Waals surface area contributed by atoms with Crippen LogP contribution in [0.5, 0.6) is 0 Å². The summed E-state index contributed by atoms with van der Waals surface area (Å²) in [4.78, 5) is 9.47. The van der Waals surface area contributed by atoms with Crippen molar-refractivity contribution in [3.63, 3.8) is 0 Å². The quantitative estimate of drug-likeness (QED) is 0.674. The van der Waals surface area contributed by atoms with Crippen molar-refractivity contribution in [2.24, 2.45) is 0 Å². The maximum absolute atomic E-state index is 9.47. The van der Waals surface area contributed by atoms with Crippen LogP contribution in [0.2, 0.25) is 25.7 Å². The summed E-state index contributed by atoms with van der Waals surface area (Å²) in [6, 6.07) is 0.917. The molecule has 2 nitrogen and oxygen atoms in total. The highest BCUT2D eigenvalue weighted by Gasteiger charge is 2.19. The highest BCUT2D eigenvalue weighted by molar-refractivity contribution is 6.75. The van der Waals surface area contributed by atoms with Crippen LogP contribution in [-0.4, -0.2) is 22.4 Å². The lowest BCUT2D eigenvalue weighted by molar-refractivity contribution is 0.409. The Morgan fingerprint density at radius 2 is 1.91 bits per heavy atom. The van der Waals surface area contributed by atoms with Crippen molar-refractivity contribution in [2.45, 2.75) is 45.5 Å². The summed E-state index contributed by atoms with van der Waals surface area (Å²) >= 11 is 0. The van der Waals surface area contributed by atoms with Crippen LogP contribution in [0.4, 0.5) is 0 Å². The van der Waals surface area contributed by atoms with Gasteiger partial charge in [0.2, 0.25) is 0 Å². The molecule has 0 fully saturated rings. The van der Waals surface area contributed by atoms with Crippen molar-refractivity contribution in [2.75, 3.05) is 0 Å². The van der Waals surface area contributed by atoms with Crippen LogP contribution < -0.4 is 0 Å². The Hall–Kier alpha value is 0.354. The highest BCUT2D eigenvalue weighted by Crippen LogP contribution is 2.08. The van der Waals surface area contributed by atoms with Gasteiger partial charge in [-0.1, -0.05) is 19.8 Å². The van der Waals surface area contributed by atoms with E-state index >= 15 is 0 Å². The second kappa shape index (κ2) is 5.08. The standard InChI is InChI=1S/C7H20O2Si2/c1-5-6-7-10(8)9-11(2,3)4/h8,10H,5-7H2,1-4H3. The Morgan fingerprint density at radius 1 is 1.36 bits per heavy atom. The molecule has 4 heteroatoms. The zero-order valence-electron chi connectivity index (χ0n) is 8.05. The van der Waals surface area contributed by atoms with Crippen LogP contribution in [0.25, 0.3) is 0 Å². The fraction of sp³-hybridized carbons (Fsp3) is 1.00. The average molecular weight is 192 g/mol. The third kappa shape index (κ3) is 8.26. The zero-order valence-corrected chi connectivity index (χ0v) is 10.2. The molecule has 0 aromatic carbocycles. The maximum Gasteiger partial charge on any atom is 0.308 e. The Kier molecular flexibility index (Phi) is 5.24. The lowest BCUT2D eigenvalue weighted by Gasteiger charge is -2.21. The van der Waals surface area contributed by atoms with Gasteiger partial charge in [0.05, 0.1) is 0 Å². The van der Waals surface area contributed by atoms with Crippen LogP contribution in [0, 0.1) is 0 Å². The normalized spacial score (nSPS) is 15.0. The van der Waals surface area contributed by atoms with Gasteiger partial charge in [-0.3, -0.25) is 0 Å². The van der Waals surface area contributed by atoms with E-state index < -0.39 is 17.6 Å². The average Bonchev–Trinajstić information content (AvgIpc) is 1.79. The van der Waals surface area contributed by atoms with Crippen molar-refractivity contribution in [1.29, 1.82) is 0 Å². The second-order valence-corrected chi connectivity index (χ2v) is 10.5. The minimum atomic E-state index is -1.78. The smallest absolute Gasteiger partial charge is 0.308 e. The van der Waals surface area contributed by atoms with E-state index in [1.165, 1.54) is 0 Å².